The summed E-state index contributed by atoms with van der Waals surface area (Å²) in [5, 5.41) is 21.1. The molecule has 0 saturated heterocycles. The molecule has 0 saturated carbocycles. The highest BCUT2D eigenvalue weighted by molar-refractivity contribution is 5.58. The van der Waals surface area contributed by atoms with Crippen molar-refractivity contribution in [3.8, 4) is 6.07 Å². The topological polar surface area (TPSA) is 56.0 Å². The molecule has 0 radical (unpaired) electrons. The van der Waals surface area contributed by atoms with E-state index in [1.807, 2.05) is 32.0 Å². The molecule has 1 aromatic carbocycles. The van der Waals surface area contributed by atoms with Crippen molar-refractivity contribution in [1.82, 2.24) is 0 Å². The predicted octanol–water partition coefficient (Wildman–Crippen LogP) is 2.13. The maximum atomic E-state index is 8.91. The van der Waals surface area contributed by atoms with Crippen molar-refractivity contribution in [2.45, 2.75) is 25.8 Å². The maximum Gasteiger partial charge on any atom is 0.101 e. The molecule has 0 atom stereocenters. The summed E-state index contributed by atoms with van der Waals surface area (Å²) in [6.07, 6.45) is 0.646. The van der Waals surface area contributed by atoms with Gasteiger partial charge in [-0.2, -0.15) is 5.26 Å². The van der Waals surface area contributed by atoms with Gasteiger partial charge in [0.15, 0.2) is 0 Å². The van der Waals surface area contributed by atoms with Crippen LogP contribution in [0.1, 0.15) is 25.8 Å². The van der Waals surface area contributed by atoms with Gasteiger partial charge in [-0.3, -0.25) is 0 Å². The quantitative estimate of drug-likeness (QED) is 0.790. The number of benzene rings is 1. The number of anilines is 1. The highest BCUT2D eigenvalue weighted by Gasteiger charge is 2.17. The van der Waals surface area contributed by atoms with Crippen LogP contribution in [-0.2, 0) is 0 Å². The summed E-state index contributed by atoms with van der Waals surface area (Å²) in [6.45, 7) is 4.13. The number of nitriles is 1. The SMILES string of the molecule is CC(C)(CCO)Nc1ccccc1C#N. The number of rotatable bonds is 4. The second-order valence-electron chi connectivity index (χ2n) is 4.14. The van der Waals surface area contributed by atoms with Crippen LogP contribution in [0.3, 0.4) is 0 Å². The molecule has 1 aromatic rings. The molecule has 0 spiro atoms. The summed E-state index contributed by atoms with van der Waals surface area (Å²) in [7, 11) is 0. The van der Waals surface area contributed by atoms with Gasteiger partial charge in [0.1, 0.15) is 6.07 Å². The zero-order valence-corrected chi connectivity index (χ0v) is 9.12. The highest BCUT2D eigenvalue weighted by Crippen LogP contribution is 2.20. The Balaban J connectivity index is 2.85. The first kappa shape index (κ1) is 11.5. The van der Waals surface area contributed by atoms with Crippen LogP contribution in [0.5, 0.6) is 0 Å². The van der Waals surface area contributed by atoms with Crippen molar-refractivity contribution in [3.63, 3.8) is 0 Å². The molecule has 0 unspecified atom stereocenters. The molecule has 80 valence electrons. The average molecular weight is 204 g/mol. The monoisotopic (exact) mass is 204 g/mol. The van der Waals surface area contributed by atoms with E-state index in [0.29, 0.717) is 12.0 Å². The Morgan fingerprint density at radius 1 is 1.40 bits per heavy atom. The van der Waals surface area contributed by atoms with Gasteiger partial charge in [-0.25, -0.2) is 0 Å². The lowest BCUT2D eigenvalue weighted by atomic mass is 10.00. The summed E-state index contributed by atoms with van der Waals surface area (Å²) >= 11 is 0. The molecular weight excluding hydrogens is 188 g/mol. The van der Waals surface area contributed by atoms with Gasteiger partial charge in [-0.1, -0.05) is 12.1 Å². The zero-order chi connectivity index (χ0) is 11.3. The fourth-order valence-corrected chi connectivity index (χ4v) is 1.40. The number of aliphatic hydroxyl groups is 1. The van der Waals surface area contributed by atoms with Gasteiger partial charge in [0.2, 0.25) is 0 Å². The van der Waals surface area contributed by atoms with E-state index in [2.05, 4.69) is 11.4 Å². The van der Waals surface area contributed by atoms with Crippen LogP contribution < -0.4 is 5.32 Å². The van der Waals surface area contributed by atoms with Crippen molar-refractivity contribution in [3.05, 3.63) is 29.8 Å². The van der Waals surface area contributed by atoms with E-state index in [4.69, 9.17) is 10.4 Å². The van der Waals surface area contributed by atoms with Crippen molar-refractivity contribution in [1.29, 1.82) is 5.26 Å². The number of nitrogens with zero attached hydrogens (tertiary/aromatic N) is 1. The first-order chi connectivity index (χ1) is 7.09. The van der Waals surface area contributed by atoms with Gasteiger partial charge in [-0.05, 0) is 32.4 Å². The van der Waals surface area contributed by atoms with E-state index in [1.54, 1.807) is 6.07 Å². The van der Waals surface area contributed by atoms with Crippen LogP contribution in [0.15, 0.2) is 24.3 Å². The molecule has 0 heterocycles. The maximum absolute atomic E-state index is 8.91. The van der Waals surface area contributed by atoms with Crippen molar-refractivity contribution < 1.29 is 5.11 Å². The van der Waals surface area contributed by atoms with E-state index >= 15 is 0 Å². The molecule has 2 N–H and O–H groups in total. The lowest BCUT2D eigenvalue weighted by Crippen LogP contribution is -2.32. The zero-order valence-electron chi connectivity index (χ0n) is 9.12. The number of hydrogen-bond acceptors (Lipinski definition) is 3. The Morgan fingerprint density at radius 2 is 2.07 bits per heavy atom. The second-order valence-corrected chi connectivity index (χ2v) is 4.14. The molecule has 15 heavy (non-hydrogen) atoms. The Hall–Kier alpha value is -1.53. The fourth-order valence-electron chi connectivity index (χ4n) is 1.40. The minimum Gasteiger partial charge on any atom is -0.396 e. The van der Waals surface area contributed by atoms with E-state index < -0.39 is 0 Å². The molecule has 1 rings (SSSR count). The molecule has 0 aliphatic rings. The third-order valence-electron chi connectivity index (χ3n) is 2.26. The van der Waals surface area contributed by atoms with Crippen LogP contribution in [0.25, 0.3) is 0 Å². The number of nitrogens with one attached hydrogen (secondary N) is 1. The third kappa shape index (κ3) is 3.26. The van der Waals surface area contributed by atoms with Crippen LogP contribution in [0, 0.1) is 11.3 Å². The Morgan fingerprint density at radius 3 is 2.67 bits per heavy atom. The molecule has 0 amide bonds. The van der Waals surface area contributed by atoms with E-state index in [0.717, 1.165) is 5.69 Å². The van der Waals surface area contributed by atoms with Crippen molar-refractivity contribution >= 4 is 5.69 Å². The summed E-state index contributed by atoms with van der Waals surface area (Å²) in [4.78, 5) is 0. The Labute approximate surface area is 90.4 Å². The first-order valence-electron chi connectivity index (χ1n) is 4.97. The predicted molar refractivity (Wildman–Crippen MR) is 60.6 cm³/mol. The molecule has 3 nitrogen and oxygen atoms in total. The number of aliphatic hydroxyl groups excluding tert-OH is 1. The van der Waals surface area contributed by atoms with Gasteiger partial charge in [0.05, 0.1) is 11.3 Å². The molecule has 0 fully saturated rings. The number of para-hydroxylation sites is 1. The minimum atomic E-state index is -0.207. The van der Waals surface area contributed by atoms with E-state index in [9.17, 15) is 0 Å². The largest absolute Gasteiger partial charge is 0.396 e. The van der Waals surface area contributed by atoms with Crippen LogP contribution in [0.2, 0.25) is 0 Å². The normalized spacial score (nSPS) is 10.8. The Bertz CT molecular complexity index is 366. The lowest BCUT2D eigenvalue weighted by molar-refractivity contribution is 0.261. The van der Waals surface area contributed by atoms with Gasteiger partial charge < -0.3 is 10.4 Å². The van der Waals surface area contributed by atoms with Crippen LogP contribution in [-0.4, -0.2) is 17.3 Å². The smallest absolute Gasteiger partial charge is 0.101 e. The fraction of sp³-hybridized carbons (Fsp3) is 0.417. The standard InChI is InChI=1S/C12H16N2O/c1-12(2,7-8-15)14-11-6-4-3-5-10(11)9-13/h3-6,14-15H,7-8H2,1-2H3. The van der Waals surface area contributed by atoms with Crippen molar-refractivity contribution in [2.75, 3.05) is 11.9 Å². The minimum absolute atomic E-state index is 0.134. The summed E-state index contributed by atoms with van der Waals surface area (Å²) in [5.74, 6) is 0. The van der Waals surface area contributed by atoms with Gasteiger partial charge in [0.25, 0.3) is 0 Å². The van der Waals surface area contributed by atoms with Crippen molar-refractivity contribution in [2.24, 2.45) is 0 Å². The summed E-state index contributed by atoms with van der Waals surface area (Å²) in [6, 6.07) is 9.51. The summed E-state index contributed by atoms with van der Waals surface area (Å²) in [5.41, 5.74) is 1.24. The Kier molecular flexibility index (Phi) is 3.70. The molecular formula is C12H16N2O. The summed E-state index contributed by atoms with van der Waals surface area (Å²) < 4.78 is 0. The first-order valence-corrected chi connectivity index (χ1v) is 4.97. The van der Waals surface area contributed by atoms with E-state index in [-0.39, 0.29) is 12.1 Å². The number of hydrogen-bond donors (Lipinski definition) is 2. The van der Waals surface area contributed by atoms with Crippen LogP contribution >= 0.6 is 0 Å². The van der Waals surface area contributed by atoms with Gasteiger partial charge in [0, 0.05) is 12.1 Å². The molecule has 3 heteroatoms. The second kappa shape index (κ2) is 4.81. The molecule has 0 aromatic heterocycles. The molecule has 0 bridgehead atoms. The molecule has 0 aliphatic heterocycles. The molecule has 0 aliphatic carbocycles. The van der Waals surface area contributed by atoms with E-state index in [1.165, 1.54) is 0 Å². The van der Waals surface area contributed by atoms with Gasteiger partial charge in [-0.15, -0.1) is 0 Å². The van der Waals surface area contributed by atoms with Gasteiger partial charge >= 0.3 is 0 Å². The van der Waals surface area contributed by atoms with Crippen LogP contribution in [0.4, 0.5) is 5.69 Å². The highest BCUT2D eigenvalue weighted by atomic mass is 16.3. The lowest BCUT2D eigenvalue weighted by Gasteiger charge is -2.27. The average Bonchev–Trinajstić information content (AvgIpc) is 2.17. The third-order valence-corrected chi connectivity index (χ3v) is 2.26.